The molecule has 6 aromatic carbocycles. The molecule has 0 bridgehead atoms. The van der Waals surface area contributed by atoms with Crippen molar-refractivity contribution in [3.05, 3.63) is 201 Å². The standard InChI is InChI=1S/C54H60N2/c1-35(2)47-31-45(51(41-23-15-11-16-24-41)42-25-17-12-18-26-42)32-48(36(3)4)53(47)55-39(9)40(10)56-54-49(37(5)6)33-46(34-50(54)38(7)8)52(43-27-19-13-20-28-43)44-29-21-14-22-30-44/h11-38,51-52H,1-10H3. The van der Waals surface area contributed by atoms with Crippen LogP contribution in [0.2, 0.25) is 0 Å². The minimum Gasteiger partial charge on any atom is -0.251 e. The van der Waals surface area contributed by atoms with Crippen molar-refractivity contribution in [2.75, 3.05) is 0 Å². The smallest absolute Gasteiger partial charge is 0.0702 e. The molecule has 0 amide bonds. The van der Waals surface area contributed by atoms with Crippen LogP contribution in [0.5, 0.6) is 0 Å². The minimum absolute atomic E-state index is 0.130. The van der Waals surface area contributed by atoms with E-state index in [0.29, 0.717) is 23.7 Å². The van der Waals surface area contributed by atoms with Crippen molar-refractivity contribution in [1.29, 1.82) is 0 Å². The minimum atomic E-state index is 0.130. The summed E-state index contributed by atoms with van der Waals surface area (Å²) in [5.41, 5.74) is 17.0. The Labute approximate surface area is 337 Å². The Morgan fingerprint density at radius 2 is 0.536 bits per heavy atom. The van der Waals surface area contributed by atoms with Gasteiger partial charge in [0.1, 0.15) is 0 Å². The third kappa shape index (κ3) is 9.03. The van der Waals surface area contributed by atoms with Crippen molar-refractivity contribution in [2.45, 2.75) is 105 Å². The Balaban J connectivity index is 1.49. The van der Waals surface area contributed by atoms with Gasteiger partial charge in [0.25, 0.3) is 0 Å². The largest absolute Gasteiger partial charge is 0.251 e. The van der Waals surface area contributed by atoms with Crippen LogP contribution in [0.15, 0.2) is 156 Å². The second kappa shape index (κ2) is 18.1. The second-order valence-electron chi connectivity index (χ2n) is 16.6. The maximum absolute atomic E-state index is 5.50. The summed E-state index contributed by atoms with van der Waals surface area (Å²) in [6.45, 7) is 22.6. The maximum Gasteiger partial charge on any atom is 0.0702 e. The zero-order valence-corrected chi connectivity index (χ0v) is 35.2. The molecule has 286 valence electrons. The number of benzene rings is 6. The molecule has 0 fully saturated rings. The summed E-state index contributed by atoms with van der Waals surface area (Å²) >= 11 is 0. The molecule has 0 spiro atoms. The van der Waals surface area contributed by atoms with E-state index in [1.165, 1.54) is 55.6 Å². The van der Waals surface area contributed by atoms with Crippen molar-refractivity contribution < 1.29 is 0 Å². The van der Waals surface area contributed by atoms with Crippen LogP contribution in [0, 0.1) is 0 Å². The Morgan fingerprint density at radius 3 is 0.732 bits per heavy atom. The molecule has 0 radical (unpaired) electrons. The molecule has 0 aliphatic heterocycles. The Morgan fingerprint density at radius 1 is 0.321 bits per heavy atom. The van der Waals surface area contributed by atoms with Crippen LogP contribution in [0.1, 0.15) is 160 Å². The van der Waals surface area contributed by atoms with Crippen LogP contribution in [0.25, 0.3) is 0 Å². The van der Waals surface area contributed by atoms with E-state index in [1.807, 2.05) is 0 Å². The lowest BCUT2D eigenvalue weighted by atomic mass is 9.81. The quantitative estimate of drug-likeness (QED) is 0.0833. The van der Waals surface area contributed by atoms with Gasteiger partial charge in [0, 0.05) is 11.8 Å². The molecule has 2 nitrogen and oxygen atoms in total. The monoisotopic (exact) mass is 736 g/mol. The highest BCUT2D eigenvalue weighted by Crippen LogP contribution is 2.43. The lowest BCUT2D eigenvalue weighted by Gasteiger charge is -2.25. The Hall–Kier alpha value is -5.34. The van der Waals surface area contributed by atoms with E-state index in [-0.39, 0.29) is 11.8 Å². The van der Waals surface area contributed by atoms with E-state index in [9.17, 15) is 0 Å². The van der Waals surface area contributed by atoms with Crippen molar-refractivity contribution in [3.63, 3.8) is 0 Å². The average Bonchev–Trinajstić information content (AvgIpc) is 3.20. The highest BCUT2D eigenvalue weighted by atomic mass is 14.8. The molecule has 56 heavy (non-hydrogen) atoms. The van der Waals surface area contributed by atoms with E-state index < -0.39 is 0 Å². The number of hydrogen-bond acceptors (Lipinski definition) is 2. The predicted octanol–water partition coefficient (Wildman–Crippen LogP) is 15.4. The van der Waals surface area contributed by atoms with Crippen LogP contribution in [0.4, 0.5) is 11.4 Å². The van der Waals surface area contributed by atoms with E-state index in [4.69, 9.17) is 9.98 Å². The molecule has 0 aliphatic carbocycles. The zero-order chi connectivity index (χ0) is 39.9. The molecule has 6 rings (SSSR count). The van der Waals surface area contributed by atoms with Gasteiger partial charge in [0.05, 0.1) is 22.8 Å². The van der Waals surface area contributed by atoms with Gasteiger partial charge in [-0.15, -0.1) is 0 Å². The van der Waals surface area contributed by atoms with E-state index in [2.05, 4.69) is 215 Å². The number of nitrogens with zero attached hydrogens (tertiary/aromatic N) is 2. The van der Waals surface area contributed by atoms with Crippen molar-refractivity contribution >= 4 is 22.8 Å². The van der Waals surface area contributed by atoms with Crippen LogP contribution >= 0.6 is 0 Å². The number of rotatable bonds is 13. The van der Waals surface area contributed by atoms with Gasteiger partial charge in [0.15, 0.2) is 0 Å². The molecule has 0 atom stereocenters. The van der Waals surface area contributed by atoms with Gasteiger partial charge in [-0.05, 0) is 93.2 Å². The molecule has 0 heterocycles. The van der Waals surface area contributed by atoms with E-state index in [1.54, 1.807) is 0 Å². The van der Waals surface area contributed by atoms with Crippen LogP contribution < -0.4 is 0 Å². The lowest BCUT2D eigenvalue weighted by Crippen LogP contribution is -2.10. The molecule has 0 saturated heterocycles. The van der Waals surface area contributed by atoms with Gasteiger partial charge >= 0.3 is 0 Å². The van der Waals surface area contributed by atoms with Crippen LogP contribution in [-0.4, -0.2) is 11.4 Å². The number of hydrogen-bond donors (Lipinski definition) is 0. The number of aliphatic imine (C=N–C) groups is 2. The molecule has 0 aliphatic rings. The molecule has 0 unspecified atom stereocenters. The molecular weight excluding hydrogens is 677 g/mol. The van der Waals surface area contributed by atoms with Crippen molar-refractivity contribution in [3.8, 4) is 0 Å². The van der Waals surface area contributed by atoms with Gasteiger partial charge in [-0.25, -0.2) is 0 Å². The molecule has 6 aromatic rings. The van der Waals surface area contributed by atoms with Crippen LogP contribution in [0.3, 0.4) is 0 Å². The average molecular weight is 737 g/mol. The topological polar surface area (TPSA) is 24.7 Å². The summed E-state index contributed by atoms with van der Waals surface area (Å²) in [5.74, 6) is 1.42. The fraction of sp³-hybridized carbons (Fsp3) is 0.296. The summed E-state index contributed by atoms with van der Waals surface area (Å²) in [5, 5.41) is 0. The fourth-order valence-corrected chi connectivity index (χ4v) is 7.99. The summed E-state index contributed by atoms with van der Waals surface area (Å²) in [6.07, 6.45) is 0. The van der Waals surface area contributed by atoms with Gasteiger partial charge in [-0.1, -0.05) is 201 Å². The summed E-state index contributed by atoms with van der Waals surface area (Å²) in [4.78, 5) is 11.0. The Bertz CT molecular complexity index is 1960. The van der Waals surface area contributed by atoms with Crippen molar-refractivity contribution in [2.24, 2.45) is 9.98 Å². The molecule has 0 aromatic heterocycles. The highest BCUT2D eigenvalue weighted by Gasteiger charge is 2.25. The van der Waals surface area contributed by atoms with Crippen molar-refractivity contribution in [1.82, 2.24) is 0 Å². The first kappa shape index (κ1) is 40.3. The first-order valence-corrected chi connectivity index (χ1v) is 20.6. The SMILES string of the molecule is CC(=Nc1c(C(C)C)cc(C(c2ccccc2)c2ccccc2)cc1C(C)C)C(C)=Nc1c(C(C)C)cc(C(c2ccccc2)c2ccccc2)cc1C(C)C. The first-order valence-electron chi connectivity index (χ1n) is 20.6. The third-order valence-electron chi connectivity index (χ3n) is 11.2. The molecule has 2 heteroatoms. The Kier molecular flexibility index (Phi) is 13.0. The van der Waals surface area contributed by atoms with E-state index >= 15 is 0 Å². The normalized spacial score (nSPS) is 12.6. The van der Waals surface area contributed by atoms with Gasteiger partial charge < -0.3 is 0 Å². The van der Waals surface area contributed by atoms with E-state index in [0.717, 1.165) is 22.8 Å². The summed E-state index contributed by atoms with van der Waals surface area (Å²) in [6, 6.07) is 53.3. The van der Waals surface area contributed by atoms with Gasteiger partial charge in [0.2, 0.25) is 0 Å². The molecule has 0 saturated carbocycles. The summed E-state index contributed by atoms with van der Waals surface area (Å²) in [7, 11) is 0. The predicted molar refractivity (Wildman–Crippen MR) is 242 cm³/mol. The van der Waals surface area contributed by atoms with Gasteiger partial charge in [-0.2, -0.15) is 0 Å². The van der Waals surface area contributed by atoms with Crippen LogP contribution in [-0.2, 0) is 0 Å². The maximum atomic E-state index is 5.50. The third-order valence-corrected chi connectivity index (χ3v) is 11.2. The molecule has 0 N–H and O–H groups in total. The lowest BCUT2D eigenvalue weighted by molar-refractivity contribution is 0.822. The van der Waals surface area contributed by atoms with Gasteiger partial charge in [-0.3, -0.25) is 9.98 Å². The first-order chi connectivity index (χ1) is 26.9. The zero-order valence-electron chi connectivity index (χ0n) is 35.2. The second-order valence-corrected chi connectivity index (χ2v) is 16.6. The summed E-state index contributed by atoms with van der Waals surface area (Å²) < 4.78 is 0. The highest BCUT2D eigenvalue weighted by molar-refractivity contribution is 6.41. The fourth-order valence-electron chi connectivity index (χ4n) is 7.99. The molecular formula is C54H60N2.